The predicted molar refractivity (Wildman–Crippen MR) is 148 cm³/mol. The van der Waals surface area contributed by atoms with E-state index < -0.39 is 0 Å². The second kappa shape index (κ2) is 12.2. The van der Waals surface area contributed by atoms with Crippen molar-refractivity contribution >= 4 is 65.9 Å². The van der Waals surface area contributed by atoms with E-state index in [4.69, 9.17) is 14.7 Å². The molecule has 0 fully saturated rings. The molecule has 6 nitrogen and oxygen atoms in total. The third-order valence-electron chi connectivity index (χ3n) is 5.99. The summed E-state index contributed by atoms with van der Waals surface area (Å²) >= 11 is 1.65. The lowest BCUT2D eigenvalue weighted by atomic mass is 10.1. The SMILES string of the molecule is CSn1c(-c2nccc(N(C)CCN(C)C3(C)CC=CO3)c2C)nc2ccccc21.Cl.Cl.Cl. The number of benzene rings is 1. The van der Waals surface area contributed by atoms with Gasteiger partial charge in [0.25, 0.3) is 0 Å². The summed E-state index contributed by atoms with van der Waals surface area (Å²) in [6.45, 7) is 6.05. The second-order valence-electron chi connectivity index (χ2n) is 7.92. The second-order valence-corrected chi connectivity index (χ2v) is 8.65. The lowest BCUT2D eigenvalue weighted by molar-refractivity contribution is -0.0701. The Kier molecular flexibility index (Phi) is 10.8. The molecule has 33 heavy (non-hydrogen) atoms. The molecule has 1 aromatic carbocycles. The van der Waals surface area contributed by atoms with Crippen molar-refractivity contribution in [3.8, 4) is 11.5 Å². The minimum atomic E-state index is -0.248. The van der Waals surface area contributed by atoms with E-state index in [0.717, 1.165) is 47.6 Å². The van der Waals surface area contributed by atoms with E-state index in [-0.39, 0.29) is 42.9 Å². The first-order chi connectivity index (χ1) is 14.4. The standard InChI is InChI=1S/C23H29N5OS.3ClH/c1-17-19(26(3)14-15-27(4)23(2)12-8-16-29-23)11-13-24-21(17)22-25-18-9-6-7-10-20(18)28(22)30-5;;;/h6-11,13,16H,12,14-15H2,1-5H3;3*1H. The zero-order valence-corrected chi connectivity index (χ0v) is 22.8. The molecule has 0 bridgehead atoms. The first-order valence-corrected chi connectivity index (χ1v) is 11.4. The molecule has 182 valence electrons. The highest BCUT2D eigenvalue weighted by Crippen LogP contribution is 2.32. The van der Waals surface area contributed by atoms with Gasteiger partial charge in [-0.2, -0.15) is 0 Å². The fraction of sp³-hybridized carbons (Fsp3) is 0.391. The maximum absolute atomic E-state index is 5.80. The lowest BCUT2D eigenvalue weighted by Gasteiger charge is -2.35. The van der Waals surface area contributed by atoms with Crippen LogP contribution >= 0.6 is 49.2 Å². The van der Waals surface area contributed by atoms with E-state index in [1.807, 2.05) is 24.4 Å². The van der Waals surface area contributed by atoms with Gasteiger partial charge in [-0.3, -0.25) is 13.9 Å². The minimum absolute atomic E-state index is 0. The van der Waals surface area contributed by atoms with Crippen LogP contribution in [0.5, 0.6) is 0 Å². The van der Waals surface area contributed by atoms with Gasteiger partial charge in [0.15, 0.2) is 11.5 Å². The van der Waals surface area contributed by atoms with Gasteiger partial charge >= 0.3 is 0 Å². The Hall–Kier alpha value is -1.64. The molecule has 3 aromatic rings. The number of imidazole rings is 1. The monoisotopic (exact) mass is 531 g/mol. The Labute approximate surface area is 219 Å². The number of halogens is 3. The van der Waals surface area contributed by atoms with E-state index in [2.05, 4.69) is 66.2 Å². The van der Waals surface area contributed by atoms with Gasteiger partial charge < -0.3 is 9.64 Å². The zero-order chi connectivity index (χ0) is 21.3. The fourth-order valence-electron chi connectivity index (χ4n) is 3.91. The van der Waals surface area contributed by atoms with E-state index >= 15 is 0 Å². The molecular formula is C23H32Cl3N5OS. The number of fused-ring (bicyclic) bond motifs is 1. The van der Waals surface area contributed by atoms with Crippen molar-refractivity contribution in [1.29, 1.82) is 0 Å². The Bertz CT molecular complexity index is 1080. The number of hydrogen-bond donors (Lipinski definition) is 0. The zero-order valence-electron chi connectivity index (χ0n) is 19.5. The number of aromatic nitrogens is 3. The molecule has 0 spiro atoms. The number of nitrogens with zero attached hydrogens (tertiary/aromatic N) is 5. The Balaban J connectivity index is 0.00000181. The number of hydrogen-bond acceptors (Lipinski definition) is 6. The number of para-hydroxylation sites is 2. The summed E-state index contributed by atoms with van der Waals surface area (Å²) in [4.78, 5) is 14.1. The summed E-state index contributed by atoms with van der Waals surface area (Å²) in [6.07, 6.45) is 8.75. The van der Waals surface area contributed by atoms with Crippen molar-refractivity contribution in [2.24, 2.45) is 0 Å². The first kappa shape index (κ1) is 29.4. The third-order valence-corrected chi connectivity index (χ3v) is 6.73. The molecular weight excluding hydrogens is 501 g/mol. The molecule has 0 amide bonds. The topological polar surface area (TPSA) is 46.4 Å². The highest BCUT2D eigenvalue weighted by atomic mass is 35.5. The van der Waals surface area contributed by atoms with Crippen molar-refractivity contribution in [2.75, 3.05) is 38.3 Å². The van der Waals surface area contributed by atoms with Gasteiger partial charge in [-0.25, -0.2) is 4.98 Å². The highest BCUT2D eigenvalue weighted by molar-refractivity contribution is 7.97. The van der Waals surface area contributed by atoms with Gasteiger partial charge in [-0.1, -0.05) is 12.1 Å². The van der Waals surface area contributed by atoms with Gasteiger partial charge in [0.1, 0.15) is 5.69 Å². The van der Waals surface area contributed by atoms with Crippen LogP contribution in [0.25, 0.3) is 22.6 Å². The molecule has 4 rings (SSSR count). The molecule has 0 saturated heterocycles. The third kappa shape index (κ3) is 5.72. The van der Waals surface area contributed by atoms with Crippen LogP contribution in [0.3, 0.4) is 0 Å². The van der Waals surface area contributed by atoms with Gasteiger partial charge in [0, 0.05) is 50.3 Å². The smallest absolute Gasteiger partial charge is 0.170 e. The van der Waals surface area contributed by atoms with Gasteiger partial charge in [-0.05, 0) is 57.1 Å². The molecule has 1 unspecified atom stereocenters. The average Bonchev–Trinajstić information content (AvgIpc) is 3.36. The Morgan fingerprint density at radius 3 is 2.52 bits per heavy atom. The quantitative estimate of drug-likeness (QED) is 0.382. The van der Waals surface area contributed by atoms with Crippen LogP contribution in [0.1, 0.15) is 18.9 Å². The van der Waals surface area contributed by atoms with E-state index in [1.54, 1.807) is 18.2 Å². The van der Waals surface area contributed by atoms with E-state index in [0.29, 0.717) is 0 Å². The maximum Gasteiger partial charge on any atom is 0.170 e. The van der Waals surface area contributed by atoms with Crippen molar-refractivity contribution < 1.29 is 4.74 Å². The van der Waals surface area contributed by atoms with Crippen molar-refractivity contribution in [1.82, 2.24) is 18.8 Å². The van der Waals surface area contributed by atoms with Crippen molar-refractivity contribution in [3.05, 3.63) is 54.4 Å². The highest BCUT2D eigenvalue weighted by Gasteiger charge is 2.32. The van der Waals surface area contributed by atoms with Crippen LogP contribution in [0, 0.1) is 6.92 Å². The Morgan fingerprint density at radius 2 is 1.85 bits per heavy atom. The minimum Gasteiger partial charge on any atom is -0.480 e. The van der Waals surface area contributed by atoms with Gasteiger partial charge in [0.2, 0.25) is 0 Å². The molecule has 0 saturated carbocycles. The molecule has 2 aromatic heterocycles. The number of anilines is 1. The number of pyridine rings is 1. The van der Waals surface area contributed by atoms with E-state index in [9.17, 15) is 0 Å². The van der Waals surface area contributed by atoms with Gasteiger partial charge in [-0.15, -0.1) is 37.2 Å². The molecule has 0 radical (unpaired) electrons. The van der Waals surface area contributed by atoms with Crippen LogP contribution in [-0.4, -0.2) is 58.0 Å². The summed E-state index contributed by atoms with van der Waals surface area (Å²) in [6, 6.07) is 10.3. The van der Waals surface area contributed by atoms with Crippen LogP contribution < -0.4 is 4.90 Å². The number of ether oxygens (including phenoxy) is 1. The molecule has 1 aliphatic heterocycles. The van der Waals surface area contributed by atoms with Crippen LogP contribution in [0.2, 0.25) is 0 Å². The lowest BCUT2D eigenvalue weighted by Crippen LogP contribution is -2.46. The van der Waals surface area contributed by atoms with Crippen molar-refractivity contribution in [3.63, 3.8) is 0 Å². The van der Waals surface area contributed by atoms with Crippen LogP contribution in [-0.2, 0) is 4.74 Å². The molecule has 1 aliphatic rings. The van der Waals surface area contributed by atoms with E-state index in [1.165, 1.54) is 5.69 Å². The maximum atomic E-state index is 5.80. The van der Waals surface area contributed by atoms with Crippen LogP contribution in [0.15, 0.2) is 48.9 Å². The molecule has 0 N–H and O–H groups in total. The normalized spacial score (nSPS) is 16.7. The molecule has 1 atom stereocenters. The average molecular weight is 533 g/mol. The van der Waals surface area contributed by atoms with Crippen molar-refractivity contribution in [2.45, 2.75) is 26.0 Å². The summed E-state index contributed by atoms with van der Waals surface area (Å²) in [7, 11) is 4.25. The molecule has 3 heterocycles. The molecule has 10 heteroatoms. The predicted octanol–water partition coefficient (Wildman–Crippen LogP) is 5.82. The largest absolute Gasteiger partial charge is 0.480 e. The molecule has 0 aliphatic carbocycles. The number of rotatable bonds is 7. The van der Waals surface area contributed by atoms with Gasteiger partial charge in [0.05, 0.1) is 17.3 Å². The number of likely N-dealkylation sites (N-methyl/N-ethyl adjacent to an activating group) is 2. The van der Waals surface area contributed by atoms with Crippen LogP contribution in [0.4, 0.5) is 5.69 Å². The first-order valence-electron chi connectivity index (χ1n) is 10.2. The summed E-state index contributed by atoms with van der Waals surface area (Å²) in [5.41, 5.74) is 5.08. The summed E-state index contributed by atoms with van der Waals surface area (Å²) in [5, 5.41) is 0. The summed E-state index contributed by atoms with van der Waals surface area (Å²) in [5.74, 6) is 0.895. The summed E-state index contributed by atoms with van der Waals surface area (Å²) < 4.78 is 7.96. The Morgan fingerprint density at radius 1 is 1.12 bits per heavy atom. The fourth-order valence-corrected chi connectivity index (χ4v) is 4.57.